The van der Waals surface area contributed by atoms with Gasteiger partial charge in [0.15, 0.2) is 0 Å². The molecular weight excluding hydrogens is 363 g/mol. The number of anilines is 2. The van der Waals surface area contributed by atoms with E-state index in [1.807, 2.05) is 6.92 Å². The summed E-state index contributed by atoms with van der Waals surface area (Å²) in [5.41, 5.74) is 1.00. The zero-order valence-electron chi connectivity index (χ0n) is 13.9. The highest BCUT2D eigenvalue weighted by atomic mass is 35.5. The molecule has 0 aliphatic heterocycles. The van der Waals surface area contributed by atoms with Crippen LogP contribution in [0.5, 0.6) is 5.75 Å². The van der Waals surface area contributed by atoms with Crippen LogP contribution < -0.4 is 15.0 Å². The maximum absolute atomic E-state index is 12.4. The van der Waals surface area contributed by atoms with Crippen LogP contribution in [-0.2, 0) is 9.59 Å². The summed E-state index contributed by atoms with van der Waals surface area (Å²) in [7, 11) is 0. The number of carbonyl (C=O) groups is 2. The van der Waals surface area contributed by atoms with E-state index >= 15 is 0 Å². The van der Waals surface area contributed by atoms with Crippen LogP contribution in [0.1, 0.15) is 13.8 Å². The highest BCUT2D eigenvalue weighted by Gasteiger charge is 2.19. The minimum Gasteiger partial charge on any atom is -0.492 e. The lowest BCUT2D eigenvalue weighted by Gasteiger charge is -2.23. The van der Waals surface area contributed by atoms with Crippen LogP contribution in [0, 0.1) is 0 Å². The zero-order valence-corrected chi connectivity index (χ0v) is 15.4. The molecule has 0 aliphatic rings. The quantitative estimate of drug-likeness (QED) is 0.808. The molecule has 0 saturated heterocycles. The fraction of sp³-hybridized carbons (Fsp3) is 0.222. The summed E-state index contributed by atoms with van der Waals surface area (Å²) in [6.07, 6.45) is 0. The Labute approximate surface area is 156 Å². The van der Waals surface area contributed by atoms with Crippen LogP contribution in [0.15, 0.2) is 42.5 Å². The molecule has 0 radical (unpaired) electrons. The van der Waals surface area contributed by atoms with E-state index in [0.29, 0.717) is 33.8 Å². The monoisotopic (exact) mass is 380 g/mol. The molecule has 2 amide bonds. The first-order valence-electron chi connectivity index (χ1n) is 7.66. The maximum atomic E-state index is 12.4. The first-order valence-corrected chi connectivity index (χ1v) is 8.42. The largest absolute Gasteiger partial charge is 0.492 e. The van der Waals surface area contributed by atoms with Gasteiger partial charge in [0.05, 0.1) is 12.3 Å². The predicted molar refractivity (Wildman–Crippen MR) is 101 cm³/mol. The Hall–Kier alpha value is -2.24. The van der Waals surface area contributed by atoms with E-state index in [2.05, 4.69) is 5.32 Å². The van der Waals surface area contributed by atoms with Crippen molar-refractivity contribution in [3.63, 3.8) is 0 Å². The van der Waals surface area contributed by atoms with Crippen LogP contribution >= 0.6 is 23.2 Å². The van der Waals surface area contributed by atoms with Crippen molar-refractivity contribution < 1.29 is 14.3 Å². The van der Waals surface area contributed by atoms with Gasteiger partial charge in [-0.3, -0.25) is 14.5 Å². The molecule has 0 saturated carbocycles. The molecule has 7 heteroatoms. The van der Waals surface area contributed by atoms with Gasteiger partial charge in [0.2, 0.25) is 11.8 Å². The van der Waals surface area contributed by atoms with Crippen molar-refractivity contribution in [2.24, 2.45) is 0 Å². The predicted octanol–water partition coefficient (Wildman–Crippen LogP) is 4.38. The molecule has 1 N–H and O–H groups in total. The highest BCUT2D eigenvalue weighted by molar-refractivity contribution is 6.35. The van der Waals surface area contributed by atoms with Gasteiger partial charge in [0.25, 0.3) is 0 Å². The third kappa shape index (κ3) is 5.37. The molecule has 0 bridgehead atoms. The van der Waals surface area contributed by atoms with E-state index in [4.69, 9.17) is 27.9 Å². The minimum absolute atomic E-state index is 0.163. The van der Waals surface area contributed by atoms with E-state index in [1.54, 1.807) is 42.5 Å². The number of rotatable bonds is 6. The van der Waals surface area contributed by atoms with Crippen molar-refractivity contribution in [3.8, 4) is 5.75 Å². The van der Waals surface area contributed by atoms with E-state index in [-0.39, 0.29) is 18.4 Å². The molecule has 0 unspecified atom stereocenters. The van der Waals surface area contributed by atoms with Crippen molar-refractivity contribution in [1.29, 1.82) is 0 Å². The number of amides is 2. The summed E-state index contributed by atoms with van der Waals surface area (Å²) >= 11 is 11.8. The normalized spacial score (nSPS) is 10.2. The number of nitrogens with one attached hydrogen (secondary N) is 1. The molecule has 132 valence electrons. The number of hydrogen-bond donors (Lipinski definition) is 1. The van der Waals surface area contributed by atoms with E-state index < -0.39 is 0 Å². The summed E-state index contributed by atoms with van der Waals surface area (Å²) < 4.78 is 5.54. The average molecular weight is 381 g/mol. The summed E-state index contributed by atoms with van der Waals surface area (Å²) in [6, 6.07) is 11.8. The second-order valence-corrected chi connectivity index (χ2v) is 6.09. The zero-order chi connectivity index (χ0) is 18.4. The van der Waals surface area contributed by atoms with Crippen LogP contribution in [0.3, 0.4) is 0 Å². The third-order valence-electron chi connectivity index (χ3n) is 3.28. The second kappa shape index (κ2) is 8.74. The first kappa shape index (κ1) is 19.1. The van der Waals surface area contributed by atoms with Crippen molar-refractivity contribution in [1.82, 2.24) is 0 Å². The smallest absolute Gasteiger partial charge is 0.244 e. The summed E-state index contributed by atoms with van der Waals surface area (Å²) in [6.45, 7) is 3.54. The first-order chi connectivity index (χ1) is 11.9. The van der Waals surface area contributed by atoms with Gasteiger partial charge < -0.3 is 10.1 Å². The highest BCUT2D eigenvalue weighted by Crippen LogP contribution is 2.28. The van der Waals surface area contributed by atoms with Crippen LogP contribution in [0.4, 0.5) is 11.4 Å². The average Bonchev–Trinajstić information content (AvgIpc) is 2.52. The summed E-state index contributed by atoms with van der Waals surface area (Å²) in [4.78, 5) is 25.8. The van der Waals surface area contributed by atoms with E-state index in [9.17, 15) is 9.59 Å². The molecule has 0 aliphatic carbocycles. The fourth-order valence-electron chi connectivity index (χ4n) is 2.29. The van der Waals surface area contributed by atoms with Gasteiger partial charge in [-0.1, -0.05) is 35.3 Å². The molecule has 2 aromatic rings. The van der Waals surface area contributed by atoms with Gasteiger partial charge in [-0.05, 0) is 37.3 Å². The fourth-order valence-corrected chi connectivity index (χ4v) is 2.82. The minimum atomic E-state index is -0.375. The van der Waals surface area contributed by atoms with Gasteiger partial charge in [-0.2, -0.15) is 0 Å². The molecule has 2 rings (SSSR count). The van der Waals surface area contributed by atoms with E-state index in [0.717, 1.165) is 0 Å². The van der Waals surface area contributed by atoms with Crippen LogP contribution in [-0.4, -0.2) is 25.0 Å². The molecule has 0 heterocycles. The van der Waals surface area contributed by atoms with Crippen molar-refractivity contribution in [3.05, 3.63) is 52.5 Å². The topological polar surface area (TPSA) is 58.6 Å². The van der Waals surface area contributed by atoms with E-state index in [1.165, 1.54) is 11.8 Å². The number of halogens is 2. The SMILES string of the molecule is CCOc1ccccc1N(CC(=O)Nc1cc(Cl)cc(Cl)c1)C(C)=O. The maximum Gasteiger partial charge on any atom is 0.244 e. The Bertz CT molecular complexity index is 760. The van der Waals surface area contributed by atoms with Gasteiger partial charge in [-0.15, -0.1) is 0 Å². The van der Waals surface area contributed by atoms with Gasteiger partial charge in [-0.25, -0.2) is 0 Å². The number of benzene rings is 2. The summed E-state index contributed by atoms with van der Waals surface area (Å²) in [5.74, 6) is -0.106. The lowest BCUT2D eigenvalue weighted by Crippen LogP contribution is -2.37. The molecule has 0 aromatic heterocycles. The molecule has 2 aromatic carbocycles. The standard InChI is InChI=1S/C18H18Cl2N2O3/c1-3-25-17-7-5-4-6-16(17)22(12(2)23)11-18(24)21-15-9-13(19)8-14(20)10-15/h4-10H,3,11H2,1-2H3,(H,21,24). The Balaban J connectivity index is 2.19. The molecule has 5 nitrogen and oxygen atoms in total. The van der Waals surface area contributed by atoms with Gasteiger partial charge in [0.1, 0.15) is 12.3 Å². The molecule has 0 spiro atoms. The summed E-state index contributed by atoms with van der Waals surface area (Å²) in [5, 5.41) is 3.51. The number of nitrogens with zero attached hydrogens (tertiary/aromatic N) is 1. The van der Waals surface area contributed by atoms with Crippen molar-refractivity contribution in [2.75, 3.05) is 23.4 Å². The molecule has 25 heavy (non-hydrogen) atoms. The molecular formula is C18H18Cl2N2O3. The number of hydrogen-bond acceptors (Lipinski definition) is 3. The van der Waals surface area contributed by atoms with Crippen LogP contribution in [0.2, 0.25) is 10.0 Å². The Morgan fingerprint density at radius 1 is 1.12 bits per heavy atom. The molecule has 0 fully saturated rings. The number of carbonyl (C=O) groups excluding carboxylic acids is 2. The van der Waals surface area contributed by atoms with Crippen molar-refractivity contribution in [2.45, 2.75) is 13.8 Å². The Morgan fingerprint density at radius 2 is 1.76 bits per heavy atom. The molecule has 0 atom stereocenters. The van der Waals surface area contributed by atoms with Gasteiger partial charge in [0, 0.05) is 22.7 Å². The number of para-hydroxylation sites is 2. The van der Waals surface area contributed by atoms with Crippen LogP contribution in [0.25, 0.3) is 0 Å². The van der Waals surface area contributed by atoms with Gasteiger partial charge >= 0.3 is 0 Å². The Morgan fingerprint density at radius 3 is 2.36 bits per heavy atom. The third-order valence-corrected chi connectivity index (χ3v) is 3.72. The lowest BCUT2D eigenvalue weighted by molar-refractivity contribution is -0.120. The Kier molecular flexibility index (Phi) is 6.67. The second-order valence-electron chi connectivity index (χ2n) is 5.21. The number of ether oxygens (including phenoxy) is 1. The lowest BCUT2D eigenvalue weighted by atomic mass is 10.2. The van der Waals surface area contributed by atoms with Crippen molar-refractivity contribution >= 4 is 46.4 Å².